The molecule has 1 saturated heterocycles. The molecule has 0 bridgehead atoms. The first-order valence-electron chi connectivity index (χ1n) is 12.7. The number of amides is 1. The van der Waals surface area contributed by atoms with Crippen molar-refractivity contribution < 1.29 is 14.3 Å². The Morgan fingerprint density at radius 1 is 1.19 bits per heavy atom. The normalized spacial score (nSPS) is 17.2. The first-order chi connectivity index (χ1) is 17.7. The van der Waals surface area contributed by atoms with E-state index in [1.54, 1.807) is 12.4 Å². The van der Waals surface area contributed by atoms with Crippen molar-refractivity contribution in [3.05, 3.63) is 66.5 Å². The van der Waals surface area contributed by atoms with Crippen molar-refractivity contribution in [2.45, 2.75) is 25.8 Å². The first kappa shape index (κ1) is 24.2. The highest BCUT2D eigenvalue weighted by molar-refractivity contribution is 6.03. The second kappa shape index (κ2) is 11.5. The Labute approximate surface area is 211 Å². The van der Waals surface area contributed by atoms with Gasteiger partial charge in [0.2, 0.25) is 5.91 Å². The van der Waals surface area contributed by atoms with Crippen LogP contribution in [0.2, 0.25) is 0 Å². The van der Waals surface area contributed by atoms with E-state index < -0.39 is 0 Å². The van der Waals surface area contributed by atoms with E-state index in [0.717, 1.165) is 49.3 Å². The third-order valence-corrected chi connectivity index (χ3v) is 6.56. The fourth-order valence-corrected chi connectivity index (χ4v) is 4.21. The van der Waals surface area contributed by atoms with Crippen LogP contribution in [0.5, 0.6) is 5.75 Å². The Bertz CT molecular complexity index is 1210. The van der Waals surface area contributed by atoms with Crippen LogP contribution in [0.1, 0.15) is 31.4 Å². The molecule has 2 aromatic carbocycles. The Hall–Kier alpha value is -3.49. The van der Waals surface area contributed by atoms with Crippen molar-refractivity contribution in [1.29, 1.82) is 0 Å². The van der Waals surface area contributed by atoms with Gasteiger partial charge in [-0.15, -0.1) is 0 Å². The van der Waals surface area contributed by atoms with Crippen molar-refractivity contribution in [3.63, 3.8) is 0 Å². The Balaban J connectivity index is 1.36. The summed E-state index contributed by atoms with van der Waals surface area (Å²) in [5.74, 6) is 1.74. The highest BCUT2D eigenvalue weighted by Crippen LogP contribution is 2.36. The van der Waals surface area contributed by atoms with Crippen molar-refractivity contribution in [2.24, 2.45) is 5.92 Å². The lowest BCUT2D eigenvalue weighted by Crippen LogP contribution is -2.36. The average Bonchev–Trinajstić information content (AvgIpc) is 3.73. The predicted molar refractivity (Wildman–Crippen MR) is 141 cm³/mol. The SMILES string of the molecule is C[C@@H](Nc1ncnc2cc(OCC3CC3)c(NC(=O)C=CCN3CCOCC3)cc12)c1ccccc1. The largest absolute Gasteiger partial charge is 0.491 e. The number of rotatable bonds is 10. The van der Waals surface area contributed by atoms with Crippen LogP contribution in [0.25, 0.3) is 10.9 Å². The summed E-state index contributed by atoms with van der Waals surface area (Å²) in [5.41, 5.74) is 2.54. The molecule has 0 radical (unpaired) electrons. The van der Waals surface area contributed by atoms with Crippen LogP contribution in [-0.2, 0) is 9.53 Å². The molecule has 1 aliphatic carbocycles. The summed E-state index contributed by atoms with van der Waals surface area (Å²) in [5, 5.41) is 7.34. The third kappa shape index (κ3) is 6.38. The van der Waals surface area contributed by atoms with Crippen molar-refractivity contribution in [1.82, 2.24) is 14.9 Å². The molecule has 1 amide bonds. The van der Waals surface area contributed by atoms with E-state index in [9.17, 15) is 4.79 Å². The molecule has 1 aromatic heterocycles. The van der Waals surface area contributed by atoms with Crippen LogP contribution >= 0.6 is 0 Å². The van der Waals surface area contributed by atoms with Gasteiger partial charge in [-0.1, -0.05) is 36.4 Å². The summed E-state index contributed by atoms with van der Waals surface area (Å²) in [6.45, 7) is 6.69. The second-order valence-electron chi connectivity index (χ2n) is 9.42. The van der Waals surface area contributed by atoms with Crippen LogP contribution in [0.3, 0.4) is 0 Å². The number of hydrogen-bond donors (Lipinski definition) is 2. The van der Waals surface area contributed by atoms with Gasteiger partial charge in [-0.3, -0.25) is 9.69 Å². The molecule has 0 spiro atoms. The number of anilines is 2. The van der Waals surface area contributed by atoms with E-state index in [2.05, 4.69) is 44.6 Å². The lowest BCUT2D eigenvalue weighted by Gasteiger charge is -2.25. The van der Waals surface area contributed by atoms with E-state index in [1.807, 2.05) is 36.4 Å². The van der Waals surface area contributed by atoms with Crippen molar-refractivity contribution >= 4 is 28.3 Å². The minimum absolute atomic E-state index is 0.0521. The highest BCUT2D eigenvalue weighted by Gasteiger charge is 2.23. The van der Waals surface area contributed by atoms with Gasteiger partial charge in [0.1, 0.15) is 17.9 Å². The number of hydrogen-bond acceptors (Lipinski definition) is 7. The van der Waals surface area contributed by atoms with Crippen molar-refractivity contribution in [2.75, 3.05) is 50.1 Å². The zero-order valence-electron chi connectivity index (χ0n) is 20.7. The Morgan fingerprint density at radius 3 is 2.78 bits per heavy atom. The summed E-state index contributed by atoms with van der Waals surface area (Å²) < 4.78 is 11.5. The summed E-state index contributed by atoms with van der Waals surface area (Å²) >= 11 is 0. The first-order valence-corrected chi connectivity index (χ1v) is 12.7. The van der Waals surface area contributed by atoms with Gasteiger partial charge < -0.3 is 20.1 Å². The molecule has 2 N–H and O–H groups in total. The number of nitrogens with zero attached hydrogens (tertiary/aromatic N) is 3. The lowest BCUT2D eigenvalue weighted by molar-refractivity contribution is -0.111. The van der Waals surface area contributed by atoms with Crippen LogP contribution in [0.4, 0.5) is 11.5 Å². The zero-order valence-corrected chi connectivity index (χ0v) is 20.7. The van der Waals surface area contributed by atoms with Crippen LogP contribution in [0.15, 0.2) is 60.9 Å². The summed E-state index contributed by atoms with van der Waals surface area (Å²) in [4.78, 5) is 24.0. The van der Waals surface area contributed by atoms with Gasteiger partial charge in [0.15, 0.2) is 0 Å². The van der Waals surface area contributed by atoms with Crippen LogP contribution in [0, 0.1) is 5.92 Å². The van der Waals surface area contributed by atoms with Crippen LogP contribution in [-0.4, -0.2) is 60.2 Å². The topological polar surface area (TPSA) is 88.6 Å². The molecule has 1 atom stereocenters. The number of ether oxygens (including phenoxy) is 2. The molecule has 188 valence electrons. The van der Waals surface area contributed by atoms with Crippen LogP contribution < -0.4 is 15.4 Å². The fourth-order valence-electron chi connectivity index (χ4n) is 4.21. The van der Waals surface area contributed by atoms with E-state index >= 15 is 0 Å². The van der Waals surface area contributed by atoms with Gasteiger partial charge in [0.05, 0.1) is 31.0 Å². The van der Waals surface area contributed by atoms with Gasteiger partial charge in [0.25, 0.3) is 0 Å². The average molecular weight is 488 g/mol. The molecule has 2 fully saturated rings. The molecule has 1 aliphatic heterocycles. The summed E-state index contributed by atoms with van der Waals surface area (Å²) in [7, 11) is 0. The second-order valence-corrected chi connectivity index (χ2v) is 9.42. The minimum Gasteiger partial charge on any atom is -0.491 e. The molecule has 0 unspecified atom stereocenters. The number of aromatic nitrogens is 2. The lowest BCUT2D eigenvalue weighted by atomic mass is 10.1. The van der Waals surface area contributed by atoms with E-state index in [1.165, 1.54) is 12.8 Å². The smallest absolute Gasteiger partial charge is 0.248 e. The van der Waals surface area contributed by atoms with Gasteiger partial charge in [-0.2, -0.15) is 0 Å². The fraction of sp³-hybridized carbons (Fsp3) is 0.393. The molecule has 2 aliphatic rings. The molecule has 8 nitrogen and oxygen atoms in total. The van der Waals surface area contributed by atoms with E-state index in [0.29, 0.717) is 29.8 Å². The third-order valence-electron chi connectivity index (χ3n) is 6.56. The predicted octanol–water partition coefficient (Wildman–Crippen LogP) is 4.42. The number of carbonyl (C=O) groups excluding carboxylic acids is 1. The molecular weight excluding hydrogens is 454 g/mol. The maximum atomic E-state index is 12.8. The standard InChI is InChI=1S/C28H33N5O3/c1-20(22-6-3-2-4-7-22)31-28-23-16-25(32-27(34)8-5-11-33-12-14-35-15-13-33)26(36-18-21-9-10-21)17-24(23)29-19-30-28/h2-8,16-17,19-21H,9-15,18H2,1H3,(H,32,34)(H,29,30,31)/t20-/m1/s1. The van der Waals surface area contributed by atoms with Gasteiger partial charge in [-0.25, -0.2) is 9.97 Å². The number of benzene rings is 2. The summed E-state index contributed by atoms with van der Waals surface area (Å²) in [6.07, 6.45) is 7.41. The molecule has 36 heavy (non-hydrogen) atoms. The maximum Gasteiger partial charge on any atom is 0.248 e. The zero-order chi connectivity index (χ0) is 24.7. The summed E-state index contributed by atoms with van der Waals surface area (Å²) in [6, 6.07) is 14.1. The van der Waals surface area contributed by atoms with Gasteiger partial charge >= 0.3 is 0 Å². The number of carbonyl (C=O) groups is 1. The Kier molecular flexibility index (Phi) is 7.73. The quantitative estimate of drug-likeness (QED) is 0.409. The highest BCUT2D eigenvalue weighted by atomic mass is 16.5. The molecule has 3 aromatic rings. The van der Waals surface area contributed by atoms with E-state index in [-0.39, 0.29) is 11.9 Å². The van der Waals surface area contributed by atoms with Crippen molar-refractivity contribution in [3.8, 4) is 5.75 Å². The number of nitrogens with one attached hydrogen (secondary N) is 2. The molecule has 8 heteroatoms. The molecule has 1 saturated carbocycles. The minimum atomic E-state index is -0.192. The van der Waals surface area contributed by atoms with E-state index in [4.69, 9.17) is 9.47 Å². The van der Waals surface area contributed by atoms with Gasteiger partial charge in [0, 0.05) is 43.2 Å². The molecule has 2 heterocycles. The number of fused-ring (bicyclic) bond motifs is 1. The maximum absolute atomic E-state index is 12.8. The monoisotopic (exact) mass is 487 g/mol. The Morgan fingerprint density at radius 2 is 2.00 bits per heavy atom. The van der Waals surface area contributed by atoms with Gasteiger partial charge in [-0.05, 0) is 37.3 Å². The molecule has 5 rings (SSSR count). The number of morpholine rings is 1. The molecular formula is C28H33N5O3.